The minimum absolute atomic E-state index is 0.172. The van der Waals surface area contributed by atoms with E-state index in [1.807, 2.05) is 19.1 Å². The number of benzene rings is 1. The molecule has 0 saturated heterocycles. The van der Waals surface area contributed by atoms with Crippen LogP contribution in [0.15, 0.2) is 36.1 Å². The predicted molar refractivity (Wildman–Crippen MR) is 53.2 cm³/mol. The monoisotopic (exact) mass is 192 g/mol. The molecule has 74 valence electrons. The Bertz CT molecular complexity index is 349. The molecule has 0 atom stereocenters. The van der Waals surface area contributed by atoms with Crippen LogP contribution in [0.1, 0.15) is 12.5 Å². The zero-order valence-corrected chi connectivity index (χ0v) is 8.15. The first-order chi connectivity index (χ1) is 6.59. The Morgan fingerprint density at radius 2 is 1.93 bits per heavy atom. The van der Waals surface area contributed by atoms with E-state index < -0.39 is 5.97 Å². The van der Waals surface area contributed by atoms with Gasteiger partial charge in [-0.2, -0.15) is 0 Å². The van der Waals surface area contributed by atoms with Crippen LogP contribution in [0.4, 0.5) is 0 Å². The lowest BCUT2D eigenvalue weighted by Gasteiger charge is -2.00. The van der Waals surface area contributed by atoms with Gasteiger partial charge in [-0.1, -0.05) is 17.7 Å². The van der Waals surface area contributed by atoms with E-state index in [0.717, 1.165) is 5.56 Å². The highest BCUT2D eigenvalue weighted by Gasteiger charge is 1.99. The van der Waals surface area contributed by atoms with E-state index in [9.17, 15) is 4.79 Å². The van der Waals surface area contributed by atoms with Gasteiger partial charge < -0.3 is 9.84 Å². The number of aliphatic carboxylic acids is 1. The van der Waals surface area contributed by atoms with Crippen molar-refractivity contribution in [3.05, 3.63) is 41.7 Å². The maximum atomic E-state index is 10.4. The molecule has 0 amide bonds. The van der Waals surface area contributed by atoms with Crippen LogP contribution >= 0.6 is 0 Å². The Kier molecular flexibility index (Phi) is 3.29. The summed E-state index contributed by atoms with van der Waals surface area (Å²) >= 11 is 0. The van der Waals surface area contributed by atoms with Crippen molar-refractivity contribution in [2.45, 2.75) is 13.8 Å². The Labute approximate surface area is 82.6 Å². The summed E-state index contributed by atoms with van der Waals surface area (Å²) in [6.07, 6.45) is 1.23. The SMILES string of the molecule is C/C(=C/Oc1ccc(C)cc1)C(=O)O. The van der Waals surface area contributed by atoms with Gasteiger partial charge in [0.1, 0.15) is 12.0 Å². The first-order valence-electron chi connectivity index (χ1n) is 4.23. The fourth-order valence-electron chi connectivity index (χ4n) is 0.824. The highest BCUT2D eigenvalue weighted by Crippen LogP contribution is 2.12. The molecule has 1 rings (SSSR count). The maximum absolute atomic E-state index is 10.4. The summed E-state index contributed by atoms with van der Waals surface area (Å²) in [4.78, 5) is 10.4. The summed E-state index contributed by atoms with van der Waals surface area (Å²) in [5.41, 5.74) is 1.31. The molecule has 0 aliphatic rings. The van der Waals surface area contributed by atoms with Gasteiger partial charge in [0.05, 0.1) is 5.57 Å². The predicted octanol–water partition coefficient (Wildman–Crippen LogP) is 2.36. The van der Waals surface area contributed by atoms with E-state index in [1.165, 1.54) is 13.2 Å². The molecular formula is C11H12O3. The van der Waals surface area contributed by atoms with Crippen molar-refractivity contribution >= 4 is 5.97 Å². The van der Waals surface area contributed by atoms with Crippen LogP contribution in [0.5, 0.6) is 5.75 Å². The molecule has 0 heterocycles. The van der Waals surface area contributed by atoms with E-state index in [4.69, 9.17) is 9.84 Å². The molecule has 0 bridgehead atoms. The number of hydrogen-bond donors (Lipinski definition) is 1. The fourth-order valence-corrected chi connectivity index (χ4v) is 0.824. The molecule has 1 aromatic rings. The molecule has 0 saturated carbocycles. The van der Waals surface area contributed by atoms with E-state index in [-0.39, 0.29) is 5.57 Å². The standard InChI is InChI=1S/C11H12O3/c1-8-3-5-10(6-4-8)14-7-9(2)11(12)13/h3-7H,1-2H3,(H,12,13)/b9-7-. The third kappa shape index (κ3) is 2.94. The van der Waals surface area contributed by atoms with Crippen molar-refractivity contribution in [3.63, 3.8) is 0 Å². The summed E-state index contributed by atoms with van der Waals surface area (Å²) in [5.74, 6) is -0.340. The second-order valence-electron chi connectivity index (χ2n) is 3.04. The average Bonchev–Trinajstić information content (AvgIpc) is 2.16. The third-order valence-corrected chi connectivity index (χ3v) is 1.73. The van der Waals surface area contributed by atoms with Gasteiger partial charge in [-0.25, -0.2) is 4.79 Å². The smallest absolute Gasteiger partial charge is 0.334 e. The van der Waals surface area contributed by atoms with Crippen LogP contribution in [0.25, 0.3) is 0 Å². The maximum Gasteiger partial charge on any atom is 0.334 e. The third-order valence-electron chi connectivity index (χ3n) is 1.73. The average molecular weight is 192 g/mol. The van der Waals surface area contributed by atoms with E-state index in [1.54, 1.807) is 12.1 Å². The van der Waals surface area contributed by atoms with Gasteiger partial charge in [-0.3, -0.25) is 0 Å². The quantitative estimate of drug-likeness (QED) is 0.590. The Morgan fingerprint density at radius 3 is 2.43 bits per heavy atom. The van der Waals surface area contributed by atoms with Gasteiger partial charge in [-0.15, -0.1) is 0 Å². The lowest BCUT2D eigenvalue weighted by molar-refractivity contribution is -0.132. The lowest BCUT2D eigenvalue weighted by atomic mass is 10.2. The van der Waals surface area contributed by atoms with Crippen LogP contribution in [-0.4, -0.2) is 11.1 Å². The molecule has 1 aromatic carbocycles. The molecule has 0 aliphatic carbocycles. The van der Waals surface area contributed by atoms with Gasteiger partial charge in [0.2, 0.25) is 0 Å². The van der Waals surface area contributed by atoms with Crippen molar-refractivity contribution in [1.82, 2.24) is 0 Å². The molecule has 1 N–H and O–H groups in total. The van der Waals surface area contributed by atoms with Gasteiger partial charge >= 0.3 is 5.97 Å². The molecule has 0 aromatic heterocycles. The van der Waals surface area contributed by atoms with Gasteiger partial charge in [0.15, 0.2) is 0 Å². The molecule has 0 aliphatic heterocycles. The zero-order chi connectivity index (χ0) is 10.6. The summed E-state index contributed by atoms with van der Waals surface area (Å²) in [6, 6.07) is 7.39. The van der Waals surface area contributed by atoms with Crippen molar-refractivity contribution in [2.75, 3.05) is 0 Å². The largest absolute Gasteiger partial charge is 0.478 e. The van der Waals surface area contributed by atoms with Crippen molar-refractivity contribution in [3.8, 4) is 5.75 Å². The van der Waals surface area contributed by atoms with Gasteiger partial charge in [0, 0.05) is 0 Å². The molecular weight excluding hydrogens is 180 g/mol. The van der Waals surface area contributed by atoms with Crippen LogP contribution < -0.4 is 4.74 Å². The number of aryl methyl sites for hydroxylation is 1. The van der Waals surface area contributed by atoms with Crippen LogP contribution in [0, 0.1) is 6.92 Å². The number of hydrogen-bond acceptors (Lipinski definition) is 2. The van der Waals surface area contributed by atoms with Gasteiger partial charge in [0.25, 0.3) is 0 Å². The Morgan fingerprint density at radius 1 is 1.36 bits per heavy atom. The Hall–Kier alpha value is -1.77. The molecule has 3 nitrogen and oxygen atoms in total. The number of carboxylic acids is 1. The summed E-state index contributed by atoms with van der Waals surface area (Å²) in [5, 5.41) is 8.56. The summed E-state index contributed by atoms with van der Waals surface area (Å²) in [6.45, 7) is 3.46. The van der Waals surface area contributed by atoms with Gasteiger partial charge in [-0.05, 0) is 26.0 Å². The molecule has 14 heavy (non-hydrogen) atoms. The highest BCUT2D eigenvalue weighted by atomic mass is 16.5. The summed E-state index contributed by atoms with van der Waals surface area (Å²) in [7, 11) is 0. The normalized spacial score (nSPS) is 11.1. The van der Waals surface area contributed by atoms with Crippen LogP contribution in [-0.2, 0) is 4.79 Å². The number of rotatable bonds is 3. The van der Waals surface area contributed by atoms with Crippen LogP contribution in [0.2, 0.25) is 0 Å². The number of carbonyl (C=O) groups is 1. The minimum atomic E-state index is -0.975. The second kappa shape index (κ2) is 4.46. The summed E-state index contributed by atoms with van der Waals surface area (Å²) < 4.78 is 5.14. The minimum Gasteiger partial charge on any atom is -0.478 e. The molecule has 0 fully saturated rings. The first-order valence-corrected chi connectivity index (χ1v) is 4.23. The van der Waals surface area contributed by atoms with Crippen LogP contribution in [0.3, 0.4) is 0 Å². The lowest BCUT2D eigenvalue weighted by Crippen LogP contribution is -1.97. The van der Waals surface area contributed by atoms with E-state index >= 15 is 0 Å². The zero-order valence-electron chi connectivity index (χ0n) is 8.15. The molecule has 0 spiro atoms. The van der Waals surface area contributed by atoms with Crippen molar-refractivity contribution in [2.24, 2.45) is 0 Å². The molecule has 0 unspecified atom stereocenters. The van der Waals surface area contributed by atoms with Crippen molar-refractivity contribution < 1.29 is 14.6 Å². The van der Waals surface area contributed by atoms with E-state index in [0.29, 0.717) is 5.75 Å². The van der Waals surface area contributed by atoms with Crippen molar-refractivity contribution in [1.29, 1.82) is 0 Å². The number of carboxylic acid groups (broad SMARTS) is 1. The molecule has 3 heteroatoms. The highest BCUT2D eigenvalue weighted by molar-refractivity contribution is 5.85. The first kappa shape index (κ1) is 10.3. The molecule has 0 radical (unpaired) electrons. The van der Waals surface area contributed by atoms with E-state index in [2.05, 4.69) is 0 Å². The topological polar surface area (TPSA) is 46.5 Å². The number of ether oxygens (including phenoxy) is 1. The fraction of sp³-hybridized carbons (Fsp3) is 0.182. The second-order valence-corrected chi connectivity index (χ2v) is 3.04. The Balaban J connectivity index is 2.66.